The summed E-state index contributed by atoms with van der Waals surface area (Å²) >= 11 is 0. The molecule has 6 rings (SSSR count). The molecule has 2 unspecified atom stereocenters. The summed E-state index contributed by atoms with van der Waals surface area (Å²) in [4.78, 5) is 27.4. The molecule has 1 aliphatic heterocycles. The maximum absolute atomic E-state index is 13.2. The zero-order valence-corrected chi connectivity index (χ0v) is 41.7. The number of nitrogens with zero attached hydrogens (tertiary/aromatic N) is 1. The molecule has 12 nitrogen and oxygen atoms in total. The van der Waals surface area contributed by atoms with E-state index in [9.17, 15) is 23.1 Å². The monoisotopic (exact) mass is 907 g/mol. The van der Waals surface area contributed by atoms with Crippen molar-refractivity contribution in [2.45, 2.75) is 157 Å². The minimum absolute atomic E-state index is 0.0231. The van der Waals surface area contributed by atoms with Gasteiger partial charge in [0.1, 0.15) is 6.10 Å². The molecule has 6 fully saturated rings. The van der Waals surface area contributed by atoms with Crippen LogP contribution in [-0.4, -0.2) is 132 Å². The zero-order chi connectivity index (χ0) is 46.2. The van der Waals surface area contributed by atoms with Crippen LogP contribution < -0.4 is 5.32 Å². The second-order valence-electron chi connectivity index (χ2n) is 23.0. The van der Waals surface area contributed by atoms with Crippen LogP contribution in [0.15, 0.2) is 12.2 Å². The number of allylic oxidation sites excluding steroid dienone is 1. The number of fused-ring (bicyclic) bond motifs is 7. The Bertz CT molecular complexity index is 1720. The number of ether oxygens (including phenoxy) is 5. The van der Waals surface area contributed by atoms with Gasteiger partial charge in [-0.2, -0.15) is 0 Å². The van der Waals surface area contributed by atoms with Crippen molar-refractivity contribution in [3.05, 3.63) is 12.2 Å². The van der Waals surface area contributed by atoms with Crippen molar-refractivity contribution >= 4 is 21.8 Å². The number of rotatable bonds is 20. The molecular formula is C50H86N2O10S. The first-order valence-corrected chi connectivity index (χ1v) is 26.3. The predicted octanol–water partition coefficient (Wildman–Crippen LogP) is 7.58. The fourth-order valence-electron chi connectivity index (χ4n) is 15.1. The van der Waals surface area contributed by atoms with Gasteiger partial charge >= 0.3 is 11.9 Å². The summed E-state index contributed by atoms with van der Waals surface area (Å²) in [5.41, 5.74) is 0.309. The lowest BCUT2D eigenvalue weighted by atomic mass is 9.32. The van der Waals surface area contributed by atoms with Crippen molar-refractivity contribution < 1.29 is 46.8 Å². The lowest BCUT2D eigenvalue weighted by molar-refractivity contribution is -0.246. The van der Waals surface area contributed by atoms with Crippen LogP contribution in [0.5, 0.6) is 0 Å². The third-order valence-corrected chi connectivity index (χ3v) is 20.5. The highest BCUT2D eigenvalue weighted by Gasteiger charge is 2.71. The SMILES string of the molecule is C=C(C)[C@@H]1CC[C@]2(NCC(C(C)OCCOCCOCCOC)N3CCS(=O)(=O)CC3)CC[C@]3(C)[C@H](CC[C@@H]4[C@@]5(C)CC[C@H](OC(=O)CC(C)(C)C(=O)O)C(C)(C)[C@@H]5CC[C@]43C)[C@@H]12. The molecule has 12 atom stereocenters. The third-order valence-electron chi connectivity index (χ3n) is 18.9. The Kier molecular flexibility index (Phi) is 15.8. The minimum Gasteiger partial charge on any atom is -0.481 e. The number of nitrogens with one attached hydrogen (secondary N) is 1. The van der Waals surface area contributed by atoms with Gasteiger partial charge in [-0.3, -0.25) is 14.5 Å². The molecule has 0 spiro atoms. The standard InChI is InChI=1S/C50H86N2O10S/c1-34(2)36-14-19-50(51-33-38(52-22-30-63(56,57)31-23-52)35(3)61-29-28-60-27-26-59-25-24-58-11)21-20-48(9)37(43(36)50)12-13-40-47(8)17-16-41(62-42(53)32-45(4,5)44(54)55)46(6,7)39(47)15-18-49(40,48)10/h35-41,43,51H,1,12-33H2,2-11H3,(H,54,55)/t35?,36-,37+,38?,39-,40+,41-,43+,47-,48+,49+,50-/m0/s1. The molecule has 1 heterocycles. The number of carbonyl (C=O) groups excluding carboxylic acids is 1. The predicted molar refractivity (Wildman–Crippen MR) is 246 cm³/mol. The first-order chi connectivity index (χ1) is 29.5. The Labute approximate surface area is 381 Å². The van der Waals surface area contributed by atoms with Gasteiger partial charge in [-0.05, 0) is 138 Å². The van der Waals surface area contributed by atoms with Crippen LogP contribution in [0.4, 0.5) is 0 Å². The zero-order valence-electron chi connectivity index (χ0n) is 40.9. The van der Waals surface area contributed by atoms with Gasteiger partial charge in [0.05, 0.1) is 69.1 Å². The summed E-state index contributed by atoms with van der Waals surface area (Å²) in [5, 5.41) is 14.0. The second-order valence-corrected chi connectivity index (χ2v) is 25.3. The maximum atomic E-state index is 13.2. The summed E-state index contributed by atoms with van der Waals surface area (Å²) in [7, 11) is -1.38. The number of hydrogen-bond donors (Lipinski definition) is 2. The van der Waals surface area contributed by atoms with E-state index in [0.717, 1.165) is 51.5 Å². The minimum atomic E-state index is -3.04. The summed E-state index contributed by atoms with van der Waals surface area (Å²) in [6, 6.07) is 0.0231. The van der Waals surface area contributed by atoms with Crippen LogP contribution in [0.25, 0.3) is 0 Å². The van der Waals surface area contributed by atoms with Crippen molar-refractivity contribution in [3.63, 3.8) is 0 Å². The molecule has 63 heavy (non-hydrogen) atoms. The number of aliphatic carboxylic acids is 1. The number of methoxy groups -OCH3 is 1. The van der Waals surface area contributed by atoms with Crippen molar-refractivity contribution in [2.75, 3.05) is 77.9 Å². The van der Waals surface area contributed by atoms with E-state index in [-0.39, 0.29) is 63.4 Å². The molecular weight excluding hydrogens is 821 g/mol. The molecule has 0 aromatic carbocycles. The van der Waals surface area contributed by atoms with E-state index in [1.807, 2.05) is 0 Å². The second kappa shape index (κ2) is 19.5. The van der Waals surface area contributed by atoms with Gasteiger partial charge in [-0.25, -0.2) is 8.42 Å². The largest absolute Gasteiger partial charge is 0.481 e. The lowest BCUT2D eigenvalue weighted by Crippen LogP contribution is -2.69. The van der Waals surface area contributed by atoms with Gasteiger partial charge in [0.2, 0.25) is 0 Å². The summed E-state index contributed by atoms with van der Waals surface area (Å²) in [6.07, 6.45) is 10.6. The molecule has 2 N–H and O–H groups in total. The number of sulfone groups is 1. The van der Waals surface area contributed by atoms with E-state index in [2.05, 4.69) is 65.3 Å². The maximum Gasteiger partial charge on any atom is 0.309 e. The Balaban J connectivity index is 1.18. The van der Waals surface area contributed by atoms with Crippen LogP contribution in [0.2, 0.25) is 0 Å². The molecule has 0 bridgehead atoms. The Morgan fingerprint density at radius 2 is 1.49 bits per heavy atom. The first-order valence-electron chi connectivity index (χ1n) is 24.5. The molecule has 0 amide bonds. The number of carboxylic acid groups (broad SMARTS) is 1. The molecule has 5 saturated carbocycles. The topological polar surface area (TPSA) is 150 Å². The number of carbonyl (C=O) groups is 2. The average Bonchev–Trinajstić information content (AvgIpc) is 3.59. The van der Waals surface area contributed by atoms with Crippen molar-refractivity contribution in [1.29, 1.82) is 0 Å². The van der Waals surface area contributed by atoms with E-state index in [1.54, 1.807) is 21.0 Å². The van der Waals surface area contributed by atoms with Crippen LogP contribution in [-0.2, 0) is 43.1 Å². The van der Waals surface area contributed by atoms with Crippen LogP contribution in [0.1, 0.15) is 133 Å². The Morgan fingerprint density at radius 1 is 0.841 bits per heavy atom. The highest BCUT2D eigenvalue weighted by atomic mass is 32.2. The van der Waals surface area contributed by atoms with E-state index < -0.39 is 27.2 Å². The van der Waals surface area contributed by atoms with Crippen LogP contribution >= 0.6 is 0 Å². The molecule has 0 aromatic rings. The van der Waals surface area contributed by atoms with Crippen LogP contribution in [0.3, 0.4) is 0 Å². The van der Waals surface area contributed by atoms with E-state index in [1.165, 1.54) is 24.8 Å². The smallest absolute Gasteiger partial charge is 0.309 e. The highest BCUT2D eigenvalue weighted by Crippen LogP contribution is 2.76. The molecule has 13 heteroatoms. The lowest BCUT2D eigenvalue weighted by Gasteiger charge is -2.73. The molecule has 362 valence electrons. The van der Waals surface area contributed by atoms with Gasteiger partial charge in [0.25, 0.3) is 0 Å². The van der Waals surface area contributed by atoms with Gasteiger partial charge in [0, 0.05) is 43.7 Å². The number of carboxylic acids is 1. The fourth-order valence-corrected chi connectivity index (χ4v) is 16.3. The first kappa shape index (κ1) is 50.8. The van der Waals surface area contributed by atoms with Gasteiger partial charge < -0.3 is 34.1 Å². The third kappa shape index (κ3) is 10.0. The highest BCUT2D eigenvalue weighted by molar-refractivity contribution is 7.91. The molecule has 0 aromatic heterocycles. The summed E-state index contributed by atoms with van der Waals surface area (Å²) in [5.74, 6) is 1.41. The summed E-state index contributed by atoms with van der Waals surface area (Å²) < 4.78 is 54.2. The van der Waals surface area contributed by atoms with Crippen molar-refractivity contribution in [3.8, 4) is 0 Å². The Morgan fingerprint density at radius 3 is 2.13 bits per heavy atom. The van der Waals surface area contributed by atoms with Crippen LogP contribution in [0, 0.1) is 56.7 Å². The average molecular weight is 907 g/mol. The quantitative estimate of drug-likeness (QED) is 0.0705. The molecule has 0 radical (unpaired) electrons. The van der Waals surface area contributed by atoms with Crippen molar-refractivity contribution in [1.82, 2.24) is 10.2 Å². The Hall–Kier alpha value is -1.61. The van der Waals surface area contributed by atoms with Gasteiger partial charge in [-0.15, -0.1) is 0 Å². The fraction of sp³-hybridized carbons (Fsp3) is 0.920. The molecule has 6 aliphatic rings. The summed E-state index contributed by atoms with van der Waals surface area (Å²) in [6.45, 7) is 29.5. The van der Waals surface area contributed by atoms with Gasteiger partial charge in [0.15, 0.2) is 9.84 Å². The van der Waals surface area contributed by atoms with E-state index in [0.29, 0.717) is 82.3 Å². The van der Waals surface area contributed by atoms with E-state index in [4.69, 9.17) is 23.7 Å². The van der Waals surface area contributed by atoms with E-state index >= 15 is 0 Å². The molecule has 5 aliphatic carbocycles. The number of esters is 1. The van der Waals surface area contributed by atoms with Crippen molar-refractivity contribution in [2.24, 2.45) is 56.7 Å². The van der Waals surface area contributed by atoms with Gasteiger partial charge in [-0.1, -0.05) is 46.8 Å². The molecule has 1 saturated heterocycles. The normalized spacial score (nSPS) is 38.3. The number of hydrogen-bond acceptors (Lipinski definition) is 11.